The van der Waals surface area contributed by atoms with E-state index in [2.05, 4.69) is 18.7 Å². The Hall–Kier alpha value is -0.0800. The fourth-order valence-electron chi connectivity index (χ4n) is 2.18. The average molecular weight is 183 g/mol. The fourth-order valence-corrected chi connectivity index (χ4v) is 2.18. The molecule has 13 heavy (non-hydrogen) atoms. The maximum Gasteiger partial charge on any atom is 0.0725 e. The van der Waals surface area contributed by atoms with Gasteiger partial charge in [0, 0.05) is 19.1 Å². The summed E-state index contributed by atoms with van der Waals surface area (Å²) >= 11 is 0. The van der Waals surface area contributed by atoms with E-state index in [1.165, 1.54) is 25.8 Å². The van der Waals surface area contributed by atoms with Gasteiger partial charge in [-0.15, -0.1) is 0 Å². The van der Waals surface area contributed by atoms with Crippen LogP contribution in [-0.4, -0.2) is 36.7 Å². The van der Waals surface area contributed by atoms with Crippen LogP contribution in [0.5, 0.6) is 0 Å². The van der Waals surface area contributed by atoms with Crippen LogP contribution in [0.2, 0.25) is 0 Å². The van der Waals surface area contributed by atoms with E-state index in [0.29, 0.717) is 12.0 Å². The first-order valence-electron chi connectivity index (χ1n) is 5.63. The second kappa shape index (κ2) is 3.97. The SMILES string of the molecule is CC(C)C1CN(C2CCC2)CCO1. The molecule has 0 N–H and O–H groups in total. The zero-order valence-corrected chi connectivity index (χ0v) is 8.83. The van der Waals surface area contributed by atoms with Crippen molar-refractivity contribution in [1.82, 2.24) is 4.90 Å². The van der Waals surface area contributed by atoms with Gasteiger partial charge in [-0.1, -0.05) is 20.3 Å². The summed E-state index contributed by atoms with van der Waals surface area (Å²) in [5, 5.41) is 0. The molecule has 1 atom stereocenters. The molecule has 1 saturated carbocycles. The summed E-state index contributed by atoms with van der Waals surface area (Å²) in [4.78, 5) is 2.64. The molecule has 2 nitrogen and oxygen atoms in total. The Morgan fingerprint density at radius 1 is 1.31 bits per heavy atom. The molecule has 0 aromatic carbocycles. The summed E-state index contributed by atoms with van der Waals surface area (Å²) in [6, 6.07) is 0.894. The van der Waals surface area contributed by atoms with Crippen molar-refractivity contribution in [3.8, 4) is 0 Å². The molecule has 0 spiro atoms. The maximum atomic E-state index is 5.75. The van der Waals surface area contributed by atoms with Crippen LogP contribution in [0.4, 0.5) is 0 Å². The quantitative estimate of drug-likeness (QED) is 0.648. The lowest BCUT2D eigenvalue weighted by Crippen LogP contribution is -2.51. The molecule has 76 valence electrons. The fraction of sp³-hybridized carbons (Fsp3) is 1.00. The zero-order valence-electron chi connectivity index (χ0n) is 8.83. The summed E-state index contributed by atoms with van der Waals surface area (Å²) in [6.45, 7) is 7.79. The van der Waals surface area contributed by atoms with Gasteiger partial charge in [0.25, 0.3) is 0 Å². The molecule has 0 amide bonds. The average Bonchev–Trinajstić information content (AvgIpc) is 2.01. The Kier molecular flexibility index (Phi) is 2.89. The highest BCUT2D eigenvalue weighted by molar-refractivity contribution is 4.84. The normalized spacial score (nSPS) is 32.1. The van der Waals surface area contributed by atoms with Gasteiger partial charge >= 0.3 is 0 Å². The highest BCUT2D eigenvalue weighted by atomic mass is 16.5. The van der Waals surface area contributed by atoms with E-state index in [4.69, 9.17) is 4.74 Å². The van der Waals surface area contributed by atoms with Crippen LogP contribution in [0.25, 0.3) is 0 Å². The standard InChI is InChI=1S/C11H21NO/c1-9(2)11-8-12(6-7-13-11)10-4-3-5-10/h9-11H,3-8H2,1-2H3. The third-order valence-electron chi connectivity index (χ3n) is 3.46. The summed E-state index contributed by atoms with van der Waals surface area (Å²) in [5.41, 5.74) is 0. The van der Waals surface area contributed by atoms with Crippen LogP contribution >= 0.6 is 0 Å². The monoisotopic (exact) mass is 183 g/mol. The van der Waals surface area contributed by atoms with Crippen molar-refractivity contribution in [2.75, 3.05) is 19.7 Å². The zero-order chi connectivity index (χ0) is 9.26. The molecule has 2 heteroatoms. The Morgan fingerprint density at radius 2 is 2.08 bits per heavy atom. The van der Waals surface area contributed by atoms with E-state index in [9.17, 15) is 0 Å². The molecule has 1 aliphatic carbocycles. The summed E-state index contributed by atoms with van der Waals surface area (Å²) in [6.07, 6.45) is 4.76. The van der Waals surface area contributed by atoms with Crippen molar-refractivity contribution >= 4 is 0 Å². The molecule has 1 unspecified atom stereocenters. The van der Waals surface area contributed by atoms with Gasteiger partial charge in [-0.05, 0) is 18.8 Å². The molecule has 1 heterocycles. The molecule has 1 saturated heterocycles. The van der Waals surface area contributed by atoms with Gasteiger partial charge in [0.1, 0.15) is 0 Å². The lowest BCUT2D eigenvalue weighted by atomic mass is 9.90. The minimum absolute atomic E-state index is 0.481. The van der Waals surface area contributed by atoms with E-state index in [-0.39, 0.29) is 0 Å². The van der Waals surface area contributed by atoms with Gasteiger partial charge in [-0.3, -0.25) is 4.90 Å². The lowest BCUT2D eigenvalue weighted by molar-refractivity contribution is -0.0729. The second-order valence-corrected chi connectivity index (χ2v) is 4.73. The highest BCUT2D eigenvalue weighted by Crippen LogP contribution is 2.27. The Labute approximate surface area is 81.3 Å². The third-order valence-corrected chi connectivity index (χ3v) is 3.46. The number of morpholine rings is 1. The van der Waals surface area contributed by atoms with E-state index >= 15 is 0 Å². The molecule has 2 rings (SSSR count). The maximum absolute atomic E-state index is 5.75. The van der Waals surface area contributed by atoms with Gasteiger partial charge in [-0.2, -0.15) is 0 Å². The molecule has 1 aliphatic heterocycles. The van der Waals surface area contributed by atoms with Crippen LogP contribution in [0, 0.1) is 5.92 Å². The van der Waals surface area contributed by atoms with Crippen molar-refractivity contribution in [3.05, 3.63) is 0 Å². The minimum atomic E-state index is 0.481. The first-order chi connectivity index (χ1) is 6.27. The van der Waals surface area contributed by atoms with Crippen LogP contribution in [0.15, 0.2) is 0 Å². The highest BCUT2D eigenvalue weighted by Gasteiger charge is 2.30. The van der Waals surface area contributed by atoms with Crippen molar-refractivity contribution in [2.24, 2.45) is 5.92 Å². The predicted molar refractivity (Wildman–Crippen MR) is 53.8 cm³/mol. The molecule has 2 fully saturated rings. The third kappa shape index (κ3) is 2.05. The largest absolute Gasteiger partial charge is 0.375 e. The van der Waals surface area contributed by atoms with E-state index in [1.54, 1.807) is 0 Å². The summed E-state index contributed by atoms with van der Waals surface area (Å²) in [7, 11) is 0. The van der Waals surface area contributed by atoms with Crippen molar-refractivity contribution < 1.29 is 4.74 Å². The van der Waals surface area contributed by atoms with Gasteiger partial charge < -0.3 is 4.74 Å². The first kappa shape index (κ1) is 9.47. The smallest absolute Gasteiger partial charge is 0.0725 e. The summed E-state index contributed by atoms with van der Waals surface area (Å²) in [5.74, 6) is 0.669. The van der Waals surface area contributed by atoms with Crippen molar-refractivity contribution in [2.45, 2.75) is 45.3 Å². The molecule has 0 aromatic heterocycles. The van der Waals surface area contributed by atoms with Gasteiger partial charge in [0.05, 0.1) is 12.7 Å². The molecular formula is C11H21NO. The predicted octanol–water partition coefficient (Wildman–Crippen LogP) is 1.90. The van der Waals surface area contributed by atoms with E-state index in [1.807, 2.05) is 0 Å². The molecular weight excluding hydrogens is 162 g/mol. The Balaban J connectivity index is 1.84. The Bertz CT molecular complexity index is 165. The number of rotatable bonds is 2. The van der Waals surface area contributed by atoms with Crippen LogP contribution in [0.3, 0.4) is 0 Å². The first-order valence-corrected chi connectivity index (χ1v) is 5.63. The lowest BCUT2D eigenvalue weighted by Gasteiger charge is -2.43. The van der Waals surface area contributed by atoms with Gasteiger partial charge in [0.15, 0.2) is 0 Å². The topological polar surface area (TPSA) is 12.5 Å². The number of hydrogen-bond donors (Lipinski definition) is 0. The van der Waals surface area contributed by atoms with Gasteiger partial charge in [-0.25, -0.2) is 0 Å². The van der Waals surface area contributed by atoms with Crippen LogP contribution in [0.1, 0.15) is 33.1 Å². The minimum Gasteiger partial charge on any atom is -0.375 e. The van der Waals surface area contributed by atoms with Crippen LogP contribution in [-0.2, 0) is 4.74 Å². The van der Waals surface area contributed by atoms with Gasteiger partial charge in [0.2, 0.25) is 0 Å². The second-order valence-electron chi connectivity index (χ2n) is 4.73. The number of ether oxygens (including phenoxy) is 1. The van der Waals surface area contributed by atoms with Crippen LogP contribution < -0.4 is 0 Å². The number of nitrogens with zero attached hydrogens (tertiary/aromatic N) is 1. The van der Waals surface area contributed by atoms with Crippen molar-refractivity contribution in [3.63, 3.8) is 0 Å². The van der Waals surface area contributed by atoms with Crippen molar-refractivity contribution in [1.29, 1.82) is 0 Å². The molecule has 2 aliphatic rings. The number of hydrogen-bond acceptors (Lipinski definition) is 2. The van der Waals surface area contributed by atoms with E-state index < -0.39 is 0 Å². The molecule has 0 radical (unpaired) electrons. The molecule has 0 bridgehead atoms. The Morgan fingerprint density at radius 3 is 2.62 bits per heavy atom. The summed E-state index contributed by atoms with van der Waals surface area (Å²) < 4.78 is 5.75. The van der Waals surface area contributed by atoms with E-state index in [0.717, 1.165) is 19.2 Å². The molecule has 0 aromatic rings.